The molecule has 0 saturated carbocycles. The van der Waals surface area contributed by atoms with Gasteiger partial charge in [-0.3, -0.25) is 4.90 Å². The summed E-state index contributed by atoms with van der Waals surface area (Å²) in [7, 11) is 2.07. The van der Waals surface area contributed by atoms with Gasteiger partial charge in [0.15, 0.2) is 0 Å². The second kappa shape index (κ2) is 6.77. The summed E-state index contributed by atoms with van der Waals surface area (Å²) in [4.78, 5) is 7.16. The molecule has 5 heteroatoms. The lowest BCUT2D eigenvalue weighted by Crippen LogP contribution is -2.33. The molecular weight excluding hydrogens is 337 g/mol. The summed E-state index contributed by atoms with van der Waals surface area (Å²) >= 11 is 6.04. The number of likely N-dealkylation sites (tertiary alicyclic amines) is 1. The highest BCUT2D eigenvalue weighted by Gasteiger charge is 2.24. The number of hydrogen-bond donors (Lipinski definition) is 0. The van der Waals surface area contributed by atoms with Crippen molar-refractivity contribution >= 4 is 22.6 Å². The minimum atomic E-state index is -0.141. The molecule has 2 heterocycles. The van der Waals surface area contributed by atoms with Crippen molar-refractivity contribution in [3.05, 3.63) is 64.7 Å². The van der Waals surface area contributed by atoms with Crippen LogP contribution in [0.2, 0.25) is 5.02 Å². The largest absolute Gasteiger partial charge is 0.330 e. The first-order valence-electron chi connectivity index (χ1n) is 8.69. The third-order valence-electron chi connectivity index (χ3n) is 5.23. The Kier molecular flexibility index (Phi) is 4.48. The molecule has 1 aliphatic heterocycles. The van der Waals surface area contributed by atoms with Crippen molar-refractivity contribution < 1.29 is 4.39 Å². The van der Waals surface area contributed by atoms with Gasteiger partial charge in [0.2, 0.25) is 0 Å². The van der Waals surface area contributed by atoms with Crippen LogP contribution in [0.3, 0.4) is 0 Å². The molecule has 0 amide bonds. The van der Waals surface area contributed by atoms with Gasteiger partial charge in [-0.15, -0.1) is 0 Å². The summed E-state index contributed by atoms with van der Waals surface area (Å²) in [6, 6.07) is 13.1. The molecule has 130 valence electrons. The number of hydrogen-bond acceptors (Lipinski definition) is 2. The van der Waals surface area contributed by atoms with Crippen LogP contribution in [0, 0.1) is 5.82 Å². The lowest BCUT2D eigenvalue weighted by atomic mass is 9.89. The van der Waals surface area contributed by atoms with E-state index in [2.05, 4.69) is 22.6 Å². The zero-order chi connectivity index (χ0) is 17.4. The molecule has 0 radical (unpaired) electrons. The topological polar surface area (TPSA) is 21.1 Å². The quantitative estimate of drug-likeness (QED) is 0.674. The first-order valence-corrected chi connectivity index (χ1v) is 9.07. The Hall–Kier alpha value is -1.91. The molecule has 0 spiro atoms. The maximum absolute atomic E-state index is 14.1. The number of aryl methyl sites for hydroxylation is 1. The fourth-order valence-corrected chi connectivity index (χ4v) is 3.95. The summed E-state index contributed by atoms with van der Waals surface area (Å²) in [5.74, 6) is 1.18. The van der Waals surface area contributed by atoms with E-state index in [9.17, 15) is 4.39 Å². The summed E-state index contributed by atoms with van der Waals surface area (Å²) in [6.45, 7) is 2.72. The Morgan fingerprint density at radius 2 is 1.92 bits per heavy atom. The van der Waals surface area contributed by atoms with Crippen molar-refractivity contribution in [2.24, 2.45) is 7.05 Å². The number of nitrogens with zero attached hydrogens (tertiary/aromatic N) is 3. The predicted molar refractivity (Wildman–Crippen MR) is 99.4 cm³/mol. The normalized spacial score (nSPS) is 16.6. The van der Waals surface area contributed by atoms with Crippen molar-refractivity contribution in [3.8, 4) is 0 Å². The summed E-state index contributed by atoms with van der Waals surface area (Å²) in [5.41, 5.74) is 2.96. The zero-order valence-electron chi connectivity index (χ0n) is 14.3. The van der Waals surface area contributed by atoms with Crippen molar-refractivity contribution in [2.45, 2.75) is 25.3 Å². The van der Waals surface area contributed by atoms with Crippen molar-refractivity contribution in [2.75, 3.05) is 13.1 Å². The van der Waals surface area contributed by atoms with Crippen LogP contribution in [-0.4, -0.2) is 27.5 Å². The number of rotatable bonds is 3. The van der Waals surface area contributed by atoms with E-state index in [1.54, 1.807) is 12.1 Å². The van der Waals surface area contributed by atoms with Crippen molar-refractivity contribution in [3.63, 3.8) is 0 Å². The molecule has 1 aliphatic rings. The van der Waals surface area contributed by atoms with Gasteiger partial charge >= 0.3 is 0 Å². The molecule has 1 aromatic heterocycles. The summed E-state index contributed by atoms with van der Waals surface area (Å²) in [6.07, 6.45) is 1.89. The first kappa shape index (κ1) is 16.6. The lowest BCUT2D eigenvalue weighted by molar-refractivity contribution is 0.197. The second-order valence-corrected chi connectivity index (χ2v) is 7.23. The van der Waals surface area contributed by atoms with Gasteiger partial charge in [0, 0.05) is 12.1 Å². The fraction of sp³-hybridized carbons (Fsp3) is 0.350. The number of benzene rings is 2. The Morgan fingerprint density at radius 1 is 1.16 bits per heavy atom. The molecule has 0 unspecified atom stereocenters. The molecule has 3 nitrogen and oxygen atoms in total. The van der Waals surface area contributed by atoms with Crippen LogP contribution in [0.25, 0.3) is 11.0 Å². The highest BCUT2D eigenvalue weighted by molar-refractivity contribution is 6.30. The van der Waals surface area contributed by atoms with Gasteiger partial charge in [-0.1, -0.05) is 23.7 Å². The number of imidazole rings is 1. The number of aromatic nitrogens is 2. The highest BCUT2D eigenvalue weighted by atomic mass is 35.5. The lowest BCUT2D eigenvalue weighted by Gasteiger charge is -2.32. The van der Waals surface area contributed by atoms with E-state index < -0.39 is 0 Å². The van der Waals surface area contributed by atoms with Crippen LogP contribution in [0.4, 0.5) is 4.39 Å². The molecular formula is C20H21ClFN3. The van der Waals surface area contributed by atoms with E-state index in [0.717, 1.165) is 54.9 Å². The maximum atomic E-state index is 14.1. The molecule has 0 atom stereocenters. The molecule has 25 heavy (non-hydrogen) atoms. The minimum Gasteiger partial charge on any atom is -0.330 e. The van der Waals surface area contributed by atoms with Crippen LogP contribution in [0.15, 0.2) is 42.5 Å². The van der Waals surface area contributed by atoms with Crippen LogP contribution >= 0.6 is 11.6 Å². The fourth-order valence-electron chi connectivity index (χ4n) is 3.77. The Balaban J connectivity index is 1.45. The molecule has 2 aromatic carbocycles. The minimum absolute atomic E-state index is 0.141. The average molecular weight is 358 g/mol. The number of para-hydroxylation sites is 2. The standard InChI is InChI=1S/C20H21ClFN3/c1-24-19-5-3-2-4-18(19)23-20(24)13-25-10-8-14(9-11-25)16-12-15(21)6-7-17(16)22/h2-7,12,14H,8-11,13H2,1H3. The van der Waals surface area contributed by atoms with E-state index in [4.69, 9.17) is 16.6 Å². The third kappa shape index (κ3) is 3.29. The smallest absolute Gasteiger partial charge is 0.126 e. The van der Waals surface area contributed by atoms with Gasteiger partial charge in [-0.25, -0.2) is 9.37 Å². The van der Waals surface area contributed by atoms with E-state index >= 15 is 0 Å². The van der Waals surface area contributed by atoms with Gasteiger partial charge < -0.3 is 4.57 Å². The third-order valence-corrected chi connectivity index (χ3v) is 5.47. The predicted octanol–water partition coefficient (Wildman–Crippen LogP) is 4.75. The van der Waals surface area contributed by atoms with E-state index in [1.807, 2.05) is 18.2 Å². The van der Waals surface area contributed by atoms with E-state index in [-0.39, 0.29) is 11.7 Å². The van der Waals surface area contributed by atoms with Gasteiger partial charge in [0.05, 0.1) is 17.6 Å². The van der Waals surface area contributed by atoms with Crippen molar-refractivity contribution in [1.29, 1.82) is 0 Å². The van der Waals surface area contributed by atoms with Crippen LogP contribution in [0.1, 0.15) is 30.1 Å². The monoisotopic (exact) mass is 357 g/mol. The molecule has 1 fully saturated rings. The number of fused-ring (bicyclic) bond motifs is 1. The summed E-state index contributed by atoms with van der Waals surface area (Å²) < 4.78 is 16.2. The maximum Gasteiger partial charge on any atom is 0.126 e. The Morgan fingerprint density at radius 3 is 2.68 bits per heavy atom. The number of halogens is 2. The van der Waals surface area contributed by atoms with Gasteiger partial charge in [0.1, 0.15) is 11.6 Å². The second-order valence-electron chi connectivity index (χ2n) is 6.79. The SMILES string of the molecule is Cn1c(CN2CCC(c3cc(Cl)ccc3F)CC2)nc2ccccc21. The molecule has 1 saturated heterocycles. The first-order chi connectivity index (χ1) is 12.1. The van der Waals surface area contributed by atoms with Gasteiger partial charge in [0.25, 0.3) is 0 Å². The van der Waals surface area contributed by atoms with Crippen molar-refractivity contribution in [1.82, 2.24) is 14.5 Å². The molecule has 0 aliphatic carbocycles. The zero-order valence-corrected chi connectivity index (χ0v) is 15.0. The van der Waals surface area contributed by atoms with E-state index in [0.29, 0.717) is 5.02 Å². The summed E-state index contributed by atoms with van der Waals surface area (Å²) in [5, 5.41) is 0.610. The van der Waals surface area contributed by atoms with E-state index in [1.165, 1.54) is 6.07 Å². The van der Waals surface area contributed by atoms with Gasteiger partial charge in [-0.2, -0.15) is 0 Å². The molecule has 4 rings (SSSR count). The number of piperidine rings is 1. The molecule has 0 bridgehead atoms. The van der Waals surface area contributed by atoms with Gasteiger partial charge in [-0.05, 0) is 67.7 Å². The highest BCUT2D eigenvalue weighted by Crippen LogP contribution is 2.32. The van der Waals surface area contributed by atoms with Crippen LogP contribution in [0.5, 0.6) is 0 Å². The molecule has 0 N–H and O–H groups in total. The Bertz CT molecular complexity index is 897. The van der Waals surface area contributed by atoms with Crippen LogP contribution in [-0.2, 0) is 13.6 Å². The average Bonchev–Trinajstić information content (AvgIpc) is 2.94. The Labute approximate surface area is 152 Å². The molecule has 3 aromatic rings. The van der Waals surface area contributed by atoms with Crippen LogP contribution < -0.4 is 0 Å².